The second-order valence-corrected chi connectivity index (χ2v) is 3.78. The van der Waals surface area contributed by atoms with E-state index in [1.165, 1.54) is 18.3 Å². The molecule has 0 saturated heterocycles. The van der Waals surface area contributed by atoms with Crippen LogP contribution in [0.25, 0.3) is 0 Å². The quantitative estimate of drug-likeness (QED) is 0.612. The Kier molecular flexibility index (Phi) is 6.39. The van der Waals surface area contributed by atoms with Gasteiger partial charge in [-0.3, -0.25) is 5.73 Å². The fraction of sp³-hybridized carbons (Fsp3) is 0.286. The Morgan fingerprint density at radius 1 is 1.80 bits per heavy atom. The number of thiazole rings is 1. The molecule has 0 aliphatic rings. The van der Waals surface area contributed by atoms with Crippen molar-refractivity contribution in [2.45, 2.75) is 6.92 Å². The molecule has 15 heavy (non-hydrogen) atoms. The Bertz CT molecular complexity index is 339. The third-order valence-electron chi connectivity index (χ3n) is 1.36. The second kappa shape index (κ2) is 7.02. The topological polar surface area (TPSA) is 94.1 Å². The first-order valence-corrected chi connectivity index (χ1v) is 5.08. The van der Waals surface area contributed by atoms with Crippen molar-refractivity contribution in [2.75, 3.05) is 7.05 Å². The van der Waals surface area contributed by atoms with Crippen molar-refractivity contribution >= 4 is 22.9 Å². The van der Waals surface area contributed by atoms with Crippen LogP contribution in [-0.2, 0) is 0 Å². The summed E-state index contributed by atoms with van der Waals surface area (Å²) in [5, 5.41) is 14.3. The summed E-state index contributed by atoms with van der Waals surface area (Å²) in [5.41, 5.74) is 5.36. The van der Waals surface area contributed by atoms with Crippen LogP contribution in [-0.4, -0.2) is 17.0 Å². The lowest BCUT2D eigenvalue weighted by Gasteiger charge is -1.98. The summed E-state index contributed by atoms with van der Waals surface area (Å²) in [6.45, 7) is 1.54. The van der Waals surface area contributed by atoms with Crippen molar-refractivity contribution in [1.82, 2.24) is 10.3 Å². The van der Waals surface area contributed by atoms with Gasteiger partial charge < -0.3 is 15.4 Å². The first-order chi connectivity index (χ1) is 6.99. The number of hydrogen-bond donors (Lipinski definition) is 2. The molecule has 1 rings (SSSR count). The molecule has 0 fully saturated rings. The van der Waals surface area contributed by atoms with Crippen LogP contribution in [0.3, 0.4) is 0 Å². The summed E-state index contributed by atoms with van der Waals surface area (Å²) in [7, 11) is 1.58. The average Bonchev–Trinajstić information content (AvgIpc) is 2.67. The molecular weight excluding hydrogens is 240 g/mol. The van der Waals surface area contributed by atoms with Crippen LogP contribution in [0.4, 0.5) is 0 Å². The number of nitrogens with two attached hydrogens (primary N) is 1. The molecule has 84 valence electrons. The largest absolute Gasteiger partial charge is 0.385 e. The summed E-state index contributed by atoms with van der Waals surface area (Å²) in [4.78, 5) is 12.9. The van der Waals surface area contributed by atoms with Crippen molar-refractivity contribution in [3.05, 3.63) is 37.7 Å². The third kappa shape index (κ3) is 5.87. The normalized spacial score (nSPS) is 10.9. The highest BCUT2D eigenvalue weighted by atomic mass is 35.5. The molecule has 0 unspecified atom stereocenters. The molecule has 1 heterocycles. The lowest BCUT2D eigenvalue weighted by atomic mass is 10.5. The molecule has 0 radical (unpaired) electrons. The number of nitrogens with zero attached hydrogens (tertiary/aromatic N) is 2. The molecule has 0 aliphatic heterocycles. The number of rotatable bonds is 2. The van der Waals surface area contributed by atoms with Crippen LogP contribution in [0.15, 0.2) is 23.1 Å². The minimum atomic E-state index is -0.633. The van der Waals surface area contributed by atoms with E-state index in [-0.39, 0.29) is 5.82 Å². The molecule has 0 spiro atoms. The van der Waals surface area contributed by atoms with Gasteiger partial charge in [-0.1, -0.05) is 11.6 Å². The van der Waals surface area contributed by atoms with E-state index in [0.29, 0.717) is 10.2 Å². The Morgan fingerprint density at radius 3 is 2.53 bits per heavy atom. The van der Waals surface area contributed by atoms with Gasteiger partial charge in [-0.2, -0.15) is 0 Å². The molecule has 6 nitrogen and oxygen atoms in total. The van der Waals surface area contributed by atoms with Crippen molar-refractivity contribution in [2.24, 2.45) is 5.73 Å². The van der Waals surface area contributed by atoms with E-state index < -0.39 is 4.92 Å². The van der Waals surface area contributed by atoms with Crippen LogP contribution >= 0.6 is 22.9 Å². The first-order valence-electron chi connectivity index (χ1n) is 3.82. The van der Waals surface area contributed by atoms with Crippen LogP contribution in [0, 0.1) is 10.1 Å². The van der Waals surface area contributed by atoms with Gasteiger partial charge in [-0.05, 0) is 11.8 Å². The zero-order valence-electron chi connectivity index (χ0n) is 8.23. The van der Waals surface area contributed by atoms with E-state index in [1.807, 2.05) is 5.38 Å². The molecule has 3 N–H and O–H groups in total. The molecule has 1 aromatic heterocycles. The van der Waals surface area contributed by atoms with E-state index in [4.69, 9.17) is 17.3 Å². The number of aromatic nitrogens is 1. The molecule has 0 atom stereocenters. The highest BCUT2D eigenvalue weighted by Gasteiger charge is 2.03. The highest BCUT2D eigenvalue weighted by molar-refractivity contribution is 7.13. The monoisotopic (exact) mass is 250 g/mol. The molecule has 0 aromatic carbocycles. The van der Waals surface area contributed by atoms with Crippen molar-refractivity contribution in [1.29, 1.82) is 0 Å². The predicted molar refractivity (Wildman–Crippen MR) is 60.1 cm³/mol. The molecule has 0 saturated carbocycles. The van der Waals surface area contributed by atoms with Crippen LogP contribution in [0.1, 0.15) is 6.92 Å². The minimum absolute atomic E-state index is 0.336. The van der Waals surface area contributed by atoms with Gasteiger partial charge in [-0.25, -0.2) is 4.98 Å². The number of nitro groups is 1. The molecular formula is C7H11ClN4O2S. The summed E-state index contributed by atoms with van der Waals surface area (Å²) in [6.07, 6.45) is 1.67. The highest BCUT2D eigenvalue weighted by Crippen LogP contribution is 2.08. The second-order valence-electron chi connectivity index (χ2n) is 2.30. The van der Waals surface area contributed by atoms with Gasteiger partial charge in [-0.15, -0.1) is 11.3 Å². The fourth-order valence-electron chi connectivity index (χ4n) is 0.471. The Balaban J connectivity index is 0.000000280. The Morgan fingerprint density at radius 2 is 2.40 bits per heavy atom. The van der Waals surface area contributed by atoms with E-state index in [0.717, 1.165) is 0 Å². The summed E-state index contributed by atoms with van der Waals surface area (Å²) < 4.78 is 0.606. The average molecular weight is 251 g/mol. The zero-order chi connectivity index (χ0) is 11.8. The molecule has 0 amide bonds. The van der Waals surface area contributed by atoms with Crippen LogP contribution in [0.5, 0.6) is 0 Å². The Hall–Kier alpha value is -1.34. The van der Waals surface area contributed by atoms with Gasteiger partial charge in [0.05, 0.1) is 0 Å². The molecule has 1 aromatic rings. The maximum atomic E-state index is 9.88. The van der Waals surface area contributed by atoms with Crippen molar-refractivity contribution in [3.63, 3.8) is 0 Å². The summed E-state index contributed by atoms with van der Waals surface area (Å²) >= 11 is 6.79. The molecule has 8 heteroatoms. The zero-order valence-corrected chi connectivity index (χ0v) is 9.80. The van der Waals surface area contributed by atoms with Gasteiger partial charge in [0.15, 0.2) is 4.47 Å². The smallest absolute Gasteiger partial charge is 0.332 e. The van der Waals surface area contributed by atoms with Gasteiger partial charge in [0.2, 0.25) is 0 Å². The maximum Gasteiger partial charge on any atom is 0.332 e. The lowest BCUT2D eigenvalue weighted by molar-refractivity contribution is -0.428. The molecule has 0 bridgehead atoms. The summed E-state index contributed by atoms with van der Waals surface area (Å²) in [5.74, 6) is -0.336. The number of halogens is 1. The number of allylic oxidation sites excluding steroid dienone is 1. The molecule has 0 aliphatic carbocycles. The van der Waals surface area contributed by atoms with Crippen molar-refractivity contribution < 1.29 is 4.92 Å². The maximum absolute atomic E-state index is 9.88. The Labute approximate surface area is 95.9 Å². The standard InChI is InChI=1S/C4H9N3O2.C3H2ClNS/c1-3(6-2)4(5)7(8)9;4-3-5-1-2-6-3/h6H,5H2,1-2H3;1-2H. The van der Waals surface area contributed by atoms with Gasteiger partial charge >= 0.3 is 5.82 Å². The van der Waals surface area contributed by atoms with E-state index in [2.05, 4.69) is 10.3 Å². The first kappa shape index (κ1) is 13.7. The SMILES string of the molecule is CNC(C)=C(N)[N+](=O)[O-].Clc1nccs1. The number of nitrogens with one attached hydrogen (secondary N) is 1. The van der Waals surface area contributed by atoms with Crippen molar-refractivity contribution in [3.8, 4) is 0 Å². The minimum Gasteiger partial charge on any atom is -0.385 e. The third-order valence-corrected chi connectivity index (χ3v) is 2.28. The predicted octanol–water partition coefficient (Wildman–Crippen LogP) is 1.43. The number of hydrogen-bond acceptors (Lipinski definition) is 6. The van der Waals surface area contributed by atoms with Crippen LogP contribution < -0.4 is 11.1 Å². The van der Waals surface area contributed by atoms with Gasteiger partial charge in [0.1, 0.15) is 5.70 Å². The van der Waals surface area contributed by atoms with Gasteiger partial charge in [0.25, 0.3) is 0 Å². The van der Waals surface area contributed by atoms with E-state index in [1.54, 1.807) is 13.2 Å². The van der Waals surface area contributed by atoms with E-state index >= 15 is 0 Å². The van der Waals surface area contributed by atoms with Crippen LogP contribution in [0.2, 0.25) is 4.47 Å². The lowest BCUT2D eigenvalue weighted by Crippen LogP contribution is -2.17. The van der Waals surface area contributed by atoms with Gasteiger partial charge in [0, 0.05) is 18.6 Å². The fourth-order valence-corrected chi connectivity index (χ4v) is 1.04. The van der Waals surface area contributed by atoms with E-state index in [9.17, 15) is 10.1 Å². The summed E-state index contributed by atoms with van der Waals surface area (Å²) in [6, 6.07) is 0.